The van der Waals surface area contributed by atoms with E-state index >= 15 is 0 Å². The van der Waals surface area contributed by atoms with Gasteiger partial charge < -0.3 is 5.32 Å². The van der Waals surface area contributed by atoms with Gasteiger partial charge in [-0.05, 0) is 61.5 Å². The van der Waals surface area contributed by atoms with Crippen molar-refractivity contribution in [2.24, 2.45) is 11.3 Å². The molecular formula is C14H27NS. The average molecular weight is 241 g/mol. The molecule has 0 amide bonds. The molecule has 94 valence electrons. The van der Waals surface area contributed by atoms with E-state index in [2.05, 4.69) is 30.9 Å². The second-order valence-electron chi connectivity index (χ2n) is 6.42. The third-order valence-corrected chi connectivity index (χ3v) is 5.29. The Hall–Kier alpha value is 0.310. The van der Waals surface area contributed by atoms with Gasteiger partial charge in [-0.3, -0.25) is 0 Å². The normalized spacial score (nSPS) is 31.5. The second-order valence-corrected chi connectivity index (χ2v) is 7.65. The third-order valence-electron chi connectivity index (χ3n) is 4.24. The van der Waals surface area contributed by atoms with Gasteiger partial charge in [-0.2, -0.15) is 11.8 Å². The molecule has 2 rings (SSSR count). The fourth-order valence-corrected chi connectivity index (χ4v) is 4.36. The first-order chi connectivity index (χ1) is 7.66. The Morgan fingerprint density at radius 2 is 1.94 bits per heavy atom. The lowest BCUT2D eigenvalue weighted by molar-refractivity contribution is 0.193. The summed E-state index contributed by atoms with van der Waals surface area (Å²) >= 11 is 2.13. The van der Waals surface area contributed by atoms with Gasteiger partial charge >= 0.3 is 0 Å². The first kappa shape index (κ1) is 12.8. The summed E-state index contributed by atoms with van der Waals surface area (Å²) in [7, 11) is 0. The highest BCUT2D eigenvalue weighted by Crippen LogP contribution is 2.35. The average Bonchev–Trinajstić information content (AvgIpc) is 2.27. The van der Waals surface area contributed by atoms with Gasteiger partial charge in [0.25, 0.3) is 0 Å². The van der Waals surface area contributed by atoms with Gasteiger partial charge in [0.1, 0.15) is 0 Å². The molecule has 0 bridgehead atoms. The lowest BCUT2D eigenvalue weighted by atomic mass is 9.75. The highest BCUT2D eigenvalue weighted by molar-refractivity contribution is 7.99. The minimum atomic E-state index is 0.582. The van der Waals surface area contributed by atoms with Crippen molar-refractivity contribution >= 4 is 11.8 Å². The fraction of sp³-hybridized carbons (Fsp3) is 1.00. The molecule has 2 heteroatoms. The van der Waals surface area contributed by atoms with E-state index in [4.69, 9.17) is 0 Å². The molecule has 2 aliphatic rings. The van der Waals surface area contributed by atoms with Gasteiger partial charge in [0.05, 0.1) is 0 Å². The topological polar surface area (TPSA) is 12.0 Å². The second kappa shape index (κ2) is 5.77. The Morgan fingerprint density at radius 1 is 1.19 bits per heavy atom. The molecule has 1 heterocycles. The minimum absolute atomic E-state index is 0.582. The monoisotopic (exact) mass is 241 g/mol. The van der Waals surface area contributed by atoms with E-state index in [1.54, 1.807) is 0 Å². The van der Waals surface area contributed by atoms with Crippen molar-refractivity contribution < 1.29 is 0 Å². The van der Waals surface area contributed by atoms with Crippen molar-refractivity contribution in [3.63, 3.8) is 0 Å². The summed E-state index contributed by atoms with van der Waals surface area (Å²) in [5.41, 5.74) is 0.582. The van der Waals surface area contributed by atoms with Crippen molar-refractivity contribution in [2.45, 2.75) is 58.4 Å². The number of hydrogen-bond donors (Lipinski definition) is 1. The summed E-state index contributed by atoms with van der Waals surface area (Å²) < 4.78 is 0. The van der Waals surface area contributed by atoms with Gasteiger partial charge in [0.15, 0.2) is 0 Å². The first-order valence-electron chi connectivity index (χ1n) is 6.97. The van der Waals surface area contributed by atoms with E-state index in [9.17, 15) is 0 Å². The van der Waals surface area contributed by atoms with E-state index in [0.29, 0.717) is 5.41 Å². The molecule has 16 heavy (non-hydrogen) atoms. The summed E-state index contributed by atoms with van der Waals surface area (Å²) in [4.78, 5) is 0. The van der Waals surface area contributed by atoms with Gasteiger partial charge in [0, 0.05) is 6.04 Å². The number of thioether (sulfide) groups is 1. The summed E-state index contributed by atoms with van der Waals surface area (Å²) in [6, 6.07) is 0.804. The molecule has 1 nitrogen and oxygen atoms in total. The predicted molar refractivity (Wildman–Crippen MR) is 74.1 cm³/mol. The van der Waals surface area contributed by atoms with Crippen LogP contribution in [0, 0.1) is 11.3 Å². The maximum absolute atomic E-state index is 3.84. The maximum atomic E-state index is 3.84. The van der Waals surface area contributed by atoms with Crippen LogP contribution in [-0.4, -0.2) is 24.1 Å². The smallest absolute Gasteiger partial charge is 0.00722 e. The van der Waals surface area contributed by atoms with E-state index < -0.39 is 0 Å². The zero-order valence-electron chi connectivity index (χ0n) is 10.9. The first-order valence-corrected chi connectivity index (χ1v) is 8.12. The van der Waals surface area contributed by atoms with Gasteiger partial charge in [-0.25, -0.2) is 0 Å². The van der Waals surface area contributed by atoms with Crippen LogP contribution >= 0.6 is 11.8 Å². The molecule has 0 aromatic rings. The lowest BCUT2D eigenvalue weighted by Crippen LogP contribution is -2.40. The molecule has 1 N–H and O–H groups in total. The van der Waals surface area contributed by atoms with Crippen molar-refractivity contribution in [3.05, 3.63) is 0 Å². The molecule has 0 radical (unpaired) electrons. The minimum Gasteiger partial charge on any atom is -0.314 e. The van der Waals surface area contributed by atoms with Crippen LogP contribution in [0.1, 0.15) is 52.4 Å². The molecule has 1 atom stereocenters. The molecule has 2 fully saturated rings. The Bertz CT molecular complexity index is 209. The SMILES string of the molecule is CC1(C)CCCC(NCC2CCSCC2)C1. The van der Waals surface area contributed by atoms with Crippen molar-refractivity contribution in [1.82, 2.24) is 5.32 Å². The number of hydrogen-bond acceptors (Lipinski definition) is 2. The molecule has 0 spiro atoms. The molecule has 1 saturated heterocycles. The molecule has 0 aromatic carbocycles. The molecule has 1 unspecified atom stereocenters. The van der Waals surface area contributed by atoms with E-state index in [0.717, 1.165) is 12.0 Å². The molecular weight excluding hydrogens is 214 g/mol. The van der Waals surface area contributed by atoms with E-state index in [1.165, 1.54) is 56.6 Å². The van der Waals surface area contributed by atoms with E-state index in [-0.39, 0.29) is 0 Å². The Labute approximate surface area is 105 Å². The Kier molecular flexibility index (Phi) is 4.60. The summed E-state index contributed by atoms with van der Waals surface area (Å²) in [6.07, 6.45) is 8.51. The summed E-state index contributed by atoms with van der Waals surface area (Å²) in [6.45, 7) is 6.14. The van der Waals surface area contributed by atoms with Gasteiger partial charge in [-0.15, -0.1) is 0 Å². The van der Waals surface area contributed by atoms with Crippen LogP contribution in [0.3, 0.4) is 0 Å². The van der Waals surface area contributed by atoms with Gasteiger partial charge in [0.2, 0.25) is 0 Å². The molecule has 1 saturated carbocycles. The van der Waals surface area contributed by atoms with E-state index in [1.807, 2.05) is 0 Å². The number of nitrogens with one attached hydrogen (secondary N) is 1. The molecule has 1 aliphatic carbocycles. The van der Waals surface area contributed by atoms with Crippen molar-refractivity contribution in [1.29, 1.82) is 0 Å². The Morgan fingerprint density at radius 3 is 2.62 bits per heavy atom. The van der Waals surface area contributed by atoms with Crippen molar-refractivity contribution in [3.8, 4) is 0 Å². The van der Waals surface area contributed by atoms with Crippen LogP contribution in [0.5, 0.6) is 0 Å². The molecule has 0 aromatic heterocycles. The third kappa shape index (κ3) is 3.96. The summed E-state index contributed by atoms with van der Waals surface area (Å²) in [5.74, 6) is 3.75. The van der Waals surface area contributed by atoms with Crippen LogP contribution in [0.2, 0.25) is 0 Å². The Balaban J connectivity index is 1.68. The van der Waals surface area contributed by atoms with Crippen LogP contribution in [0.4, 0.5) is 0 Å². The number of rotatable bonds is 3. The zero-order chi connectivity index (χ0) is 11.4. The predicted octanol–water partition coefficient (Wildman–Crippen LogP) is 3.69. The lowest BCUT2D eigenvalue weighted by Gasteiger charge is -2.36. The summed E-state index contributed by atoms with van der Waals surface area (Å²) in [5, 5.41) is 3.84. The quantitative estimate of drug-likeness (QED) is 0.809. The zero-order valence-corrected chi connectivity index (χ0v) is 11.7. The van der Waals surface area contributed by atoms with Crippen LogP contribution in [0.15, 0.2) is 0 Å². The standard InChI is InChI=1S/C14H27NS/c1-14(2)7-3-4-13(10-14)15-11-12-5-8-16-9-6-12/h12-13,15H,3-11H2,1-2H3. The molecule has 1 aliphatic heterocycles. The maximum Gasteiger partial charge on any atom is 0.00722 e. The van der Waals surface area contributed by atoms with Crippen LogP contribution in [-0.2, 0) is 0 Å². The highest BCUT2D eigenvalue weighted by atomic mass is 32.2. The van der Waals surface area contributed by atoms with Crippen molar-refractivity contribution in [2.75, 3.05) is 18.1 Å². The fourth-order valence-electron chi connectivity index (χ4n) is 3.16. The van der Waals surface area contributed by atoms with Crippen LogP contribution in [0.25, 0.3) is 0 Å². The van der Waals surface area contributed by atoms with Gasteiger partial charge in [-0.1, -0.05) is 20.3 Å². The highest BCUT2D eigenvalue weighted by Gasteiger charge is 2.28. The van der Waals surface area contributed by atoms with Crippen LogP contribution < -0.4 is 5.32 Å². The largest absolute Gasteiger partial charge is 0.314 e.